The highest BCUT2D eigenvalue weighted by molar-refractivity contribution is 6.01. The molecule has 21 heavy (non-hydrogen) atoms. The van der Waals surface area contributed by atoms with E-state index in [1.54, 1.807) is 12.1 Å². The Bertz CT molecular complexity index is 689. The van der Waals surface area contributed by atoms with Gasteiger partial charge in [0.2, 0.25) is 0 Å². The zero-order valence-corrected chi connectivity index (χ0v) is 11.9. The van der Waals surface area contributed by atoms with Crippen LogP contribution in [0.25, 0.3) is 0 Å². The summed E-state index contributed by atoms with van der Waals surface area (Å²) in [4.78, 5) is 10.2. The number of hydrogen-bond acceptors (Lipinski definition) is 4. The SMILES string of the molecule is C/C(=N\N=C(/C)c1ccc([N+](=O)[O-])cc1)c1ccccc1. The van der Waals surface area contributed by atoms with E-state index in [0.29, 0.717) is 5.71 Å². The minimum Gasteiger partial charge on any atom is -0.258 e. The topological polar surface area (TPSA) is 67.9 Å². The molecule has 0 heterocycles. The average molecular weight is 281 g/mol. The van der Waals surface area contributed by atoms with Crippen molar-refractivity contribution in [1.29, 1.82) is 0 Å². The smallest absolute Gasteiger partial charge is 0.258 e. The zero-order chi connectivity index (χ0) is 15.2. The number of benzene rings is 2. The second-order valence-corrected chi connectivity index (χ2v) is 4.54. The summed E-state index contributed by atoms with van der Waals surface area (Å²) >= 11 is 0. The van der Waals surface area contributed by atoms with Gasteiger partial charge in [-0.15, -0.1) is 0 Å². The van der Waals surface area contributed by atoms with Crippen molar-refractivity contribution in [2.45, 2.75) is 13.8 Å². The molecule has 106 valence electrons. The first-order valence-electron chi connectivity index (χ1n) is 6.47. The molecular formula is C16H15N3O2. The quantitative estimate of drug-likeness (QED) is 0.485. The van der Waals surface area contributed by atoms with Crippen LogP contribution in [0.1, 0.15) is 25.0 Å². The summed E-state index contributed by atoms with van der Waals surface area (Å²) in [5.74, 6) is 0. The molecule has 0 aliphatic rings. The molecule has 2 aromatic rings. The number of nitro groups is 1. The van der Waals surface area contributed by atoms with Crippen molar-refractivity contribution in [1.82, 2.24) is 0 Å². The van der Waals surface area contributed by atoms with Gasteiger partial charge >= 0.3 is 0 Å². The molecule has 0 saturated carbocycles. The predicted molar refractivity (Wildman–Crippen MR) is 84.0 cm³/mol. The molecule has 0 bridgehead atoms. The van der Waals surface area contributed by atoms with Crippen LogP contribution in [0.2, 0.25) is 0 Å². The monoisotopic (exact) mass is 281 g/mol. The molecule has 0 spiro atoms. The van der Waals surface area contributed by atoms with E-state index in [9.17, 15) is 10.1 Å². The second kappa shape index (κ2) is 6.56. The first-order valence-corrected chi connectivity index (χ1v) is 6.47. The van der Waals surface area contributed by atoms with E-state index in [-0.39, 0.29) is 5.69 Å². The van der Waals surface area contributed by atoms with Crippen LogP contribution in [0.5, 0.6) is 0 Å². The molecule has 0 saturated heterocycles. The van der Waals surface area contributed by atoms with Gasteiger partial charge in [0.1, 0.15) is 0 Å². The Morgan fingerprint density at radius 1 is 0.857 bits per heavy atom. The summed E-state index contributed by atoms with van der Waals surface area (Å²) in [6.45, 7) is 3.71. The maximum Gasteiger partial charge on any atom is 0.269 e. The lowest BCUT2D eigenvalue weighted by atomic mass is 10.1. The molecule has 5 nitrogen and oxygen atoms in total. The lowest BCUT2D eigenvalue weighted by molar-refractivity contribution is -0.384. The van der Waals surface area contributed by atoms with Crippen LogP contribution in [-0.2, 0) is 0 Å². The van der Waals surface area contributed by atoms with E-state index in [2.05, 4.69) is 10.2 Å². The maximum absolute atomic E-state index is 10.6. The number of nitrogens with zero attached hydrogens (tertiary/aromatic N) is 3. The second-order valence-electron chi connectivity index (χ2n) is 4.54. The van der Waals surface area contributed by atoms with Crippen molar-refractivity contribution in [3.63, 3.8) is 0 Å². The molecule has 5 heteroatoms. The third-order valence-corrected chi connectivity index (χ3v) is 3.04. The standard InChI is InChI=1S/C16H15N3O2/c1-12(14-6-4-3-5-7-14)17-18-13(2)15-8-10-16(11-9-15)19(20)21/h3-11H,1-2H3/b17-12+,18-13+. The molecule has 0 amide bonds. The summed E-state index contributed by atoms with van der Waals surface area (Å²) in [5, 5.41) is 19.0. The van der Waals surface area contributed by atoms with Crippen LogP contribution in [-0.4, -0.2) is 16.3 Å². The van der Waals surface area contributed by atoms with E-state index in [4.69, 9.17) is 0 Å². The largest absolute Gasteiger partial charge is 0.269 e. The summed E-state index contributed by atoms with van der Waals surface area (Å²) in [7, 11) is 0. The Morgan fingerprint density at radius 3 is 1.81 bits per heavy atom. The number of hydrogen-bond donors (Lipinski definition) is 0. The zero-order valence-electron chi connectivity index (χ0n) is 11.9. The summed E-state index contributed by atoms with van der Waals surface area (Å²) < 4.78 is 0. The molecule has 0 radical (unpaired) electrons. The van der Waals surface area contributed by atoms with Gasteiger partial charge in [-0.25, -0.2) is 0 Å². The average Bonchev–Trinajstić information content (AvgIpc) is 2.53. The van der Waals surface area contributed by atoms with Crippen molar-refractivity contribution in [2.75, 3.05) is 0 Å². The van der Waals surface area contributed by atoms with E-state index >= 15 is 0 Å². The maximum atomic E-state index is 10.6. The van der Waals surface area contributed by atoms with Gasteiger partial charge in [-0.05, 0) is 37.1 Å². The predicted octanol–water partition coefficient (Wildman–Crippen LogP) is 3.83. The van der Waals surface area contributed by atoms with Gasteiger partial charge in [0.05, 0.1) is 16.3 Å². The molecular weight excluding hydrogens is 266 g/mol. The molecule has 2 aromatic carbocycles. The Kier molecular flexibility index (Phi) is 4.56. The van der Waals surface area contributed by atoms with Crippen LogP contribution in [0.3, 0.4) is 0 Å². The Morgan fingerprint density at radius 2 is 1.33 bits per heavy atom. The highest BCUT2D eigenvalue weighted by Crippen LogP contribution is 2.12. The van der Waals surface area contributed by atoms with Crippen LogP contribution < -0.4 is 0 Å². The van der Waals surface area contributed by atoms with E-state index in [0.717, 1.165) is 16.8 Å². The molecule has 0 fully saturated rings. The minimum atomic E-state index is -0.423. The Labute approximate surface area is 122 Å². The Hall–Kier alpha value is -2.82. The van der Waals surface area contributed by atoms with Crippen molar-refractivity contribution >= 4 is 17.1 Å². The summed E-state index contributed by atoms with van der Waals surface area (Å²) in [6, 6.07) is 16.0. The first kappa shape index (κ1) is 14.6. The van der Waals surface area contributed by atoms with E-state index in [1.807, 2.05) is 44.2 Å². The molecule has 2 rings (SSSR count). The molecule has 0 N–H and O–H groups in total. The molecule has 0 aliphatic carbocycles. The highest BCUT2D eigenvalue weighted by atomic mass is 16.6. The number of non-ortho nitro benzene ring substituents is 1. The summed E-state index contributed by atoms with van der Waals surface area (Å²) in [6.07, 6.45) is 0. The van der Waals surface area contributed by atoms with Crippen molar-refractivity contribution in [2.24, 2.45) is 10.2 Å². The van der Waals surface area contributed by atoms with E-state index in [1.165, 1.54) is 12.1 Å². The van der Waals surface area contributed by atoms with E-state index < -0.39 is 4.92 Å². The lowest BCUT2D eigenvalue weighted by Crippen LogP contribution is -1.97. The fraction of sp³-hybridized carbons (Fsp3) is 0.125. The number of rotatable bonds is 4. The minimum absolute atomic E-state index is 0.0653. The molecule has 0 unspecified atom stereocenters. The van der Waals surface area contributed by atoms with Gasteiger partial charge in [0, 0.05) is 12.1 Å². The fourth-order valence-electron chi connectivity index (χ4n) is 1.77. The van der Waals surface area contributed by atoms with Crippen LogP contribution in [0.15, 0.2) is 64.8 Å². The van der Waals surface area contributed by atoms with Crippen LogP contribution >= 0.6 is 0 Å². The van der Waals surface area contributed by atoms with Gasteiger partial charge in [0.15, 0.2) is 0 Å². The fourth-order valence-corrected chi connectivity index (χ4v) is 1.77. The first-order chi connectivity index (χ1) is 10.1. The van der Waals surface area contributed by atoms with Crippen molar-refractivity contribution in [3.8, 4) is 0 Å². The van der Waals surface area contributed by atoms with Gasteiger partial charge < -0.3 is 0 Å². The van der Waals surface area contributed by atoms with Gasteiger partial charge in [0.25, 0.3) is 5.69 Å². The molecule has 0 aliphatic heterocycles. The molecule has 0 atom stereocenters. The third kappa shape index (κ3) is 3.82. The normalized spacial score (nSPS) is 12.3. The lowest BCUT2D eigenvalue weighted by Gasteiger charge is -2.00. The highest BCUT2D eigenvalue weighted by Gasteiger charge is 2.05. The molecule has 0 aromatic heterocycles. The van der Waals surface area contributed by atoms with Crippen molar-refractivity contribution in [3.05, 3.63) is 75.8 Å². The van der Waals surface area contributed by atoms with Gasteiger partial charge in [-0.1, -0.05) is 30.3 Å². The summed E-state index contributed by atoms with van der Waals surface area (Å²) in [5.41, 5.74) is 3.41. The Balaban J connectivity index is 2.19. The van der Waals surface area contributed by atoms with Crippen LogP contribution in [0.4, 0.5) is 5.69 Å². The van der Waals surface area contributed by atoms with Crippen molar-refractivity contribution < 1.29 is 4.92 Å². The third-order valence-electron chi connectivity index (χ3n) is 3.04. The number of nitro benzene ring substituents is 1. The van der Waals surface area contributed by atoms with Crippen LogP contribution in [0, 0.1) is 10.1 Å². The van der Waals surface area contributed by atoms with Gasteiger partial charge in [-0.3, -0.25) is 10.1 Å². The van der Waals surface area contributed by atoms with Gasteiger partial charge in [-0.2, -0.15) is 10.2 Å².